The molecule has 0 aromatic carbocycles. The van der Waals surface area contributed by atoms with Crippen molar-refractivity contribution in [3.05, 3.63) is 40.5 Å². The molecule has 19 atom stereocenters. The number of methoxy groups -OCH3 is 2. The van der Waals surface area contributed by atoms with Gasteiger partial charge in [-0.05, 0) is 97.0 Å². The van der Waals surface area contributed by atoms with Crippen LogP contribution in [0.2, 0.25) is 10.0 Å². The molecule has 77 heavy (non-hydrogen) atoms. The van der Waals surface area contributed by atoms with Crippen molar-refractivity contribution in [3.8, 4) is 0 Å². The van der Waals surface area contributed by atoms with Crippen LogP contribution >= 0.6 is 57.6 Å². The van der Waals surface area contributed by atoms with Crippen molar-refractivity contribution in [2.45, 2.75) is 170 Å². The van der Waals surface area contributed by atoms with Crippen LogP contribution < -0.4 is 11.1 Å². The number of aromatic nitrogens is 4. The Morgan fingerprint density at radius 3 is 2.25 bits per heavy atom. The molecule has 0 radical (unpaired) electrons. The SMILES string of the molecule is CO[C@]1(C)C[C@@H](C)C(=O)[C@H](C)[C@H]2[C@H](SCCn3cnc4c(N)ncc(C(=O)Nc5c(Cl)cncc5Cl)c43)C(=O)O[C@]2(C)[C@@H](I)OC(=O)[C@H](C)[C@@H](O[C@H]2C[C@@](C)(OC)[C@@H](O)[C@H](C)O2)[C@H](C)[C@H]1O[C@@H]1O[C@H](C)C[C@@H](C)[C@@H]1N(C)C. The molecule has 0 bridgehead atoms. The highest BCUT2D eigenvalue weighted by Gasteiger charge is 2.62. The second kappa shape index (κ2) is 24.6. The number of anilines is 2. The highest BCUT2D eigenvalue weighted by Crippen LogP contribution is 2.50. The number of hydrogen-bond donors (Lipinski definition) is 3. The number of Topliss-reactive ketones (excluding diaryl/α,β-unsaturated/α-hetero) is 1. The van der Waals surface area contributed by atoms with Crippen molar-refractivity contribution < 1.29 is 62.2 Å². The number of ether oxygens (including phenoxy) is 8. The minimum absolute atomic E-state index is 0.0983. The number of amides is 1. The Hall–Kier alpha value is -3.01. The topological polar surface area (TPSA) is 247 Å². The molecule has 428 valence electrons. The summed E-state index contributed by atoms with van der Waals surface area (Å²) in [5.41, 5.74) is 3.44. The molecule has 3 aromatic heterocycles. The number of aliphatic hydroxyl groups excluding tert-OH is 1. The molecule has 1 amide bonds. The smallest absolute Gasteiger partial charge is 0.320 e. The van der Waals surface area contributed by atoms with Gasteiger partial charge in [0.25, 0.3) is 5.91 Å². The van der Waals surface area contributed by atoms with Crippen molar-refractivity contribution in [3.63, 3.8) is 0 Å². The number of esters is 2. The Labute approximate surface area is 479 Å². The number of carbonyl (C=O) groups is 4. The summed E-state index contributed by atoms with van der Waals surface area (Å²) in [5.74, 6) is -5.42. The minimum atomic E-state index is -1.50. The van der Waals surface area contributed by atoms with Crippen LogP contribution in [0.15, 0.2) is 24.9 Å². The number of hydrogen-bond acceptors (Lipinski definition) is 19. The van der Waals surface area contributed by atoms with Gasteiger partial charge in [0, 0.05) is 75.2 Å². The molecule has 4 fully saturated rings. The van der Waals surface area contributed by atoms with E-state index in [1.807, 2.05) is 64.4 Å². The lowest BCUT2D eigenvalue weighted by atomic mass is 9.72. The number of likely N-dealkylation sites (N-methyl/N-ethyl adjacent to an activating group) is 1. The molecule has 7 heterocycles. The van der Waals surface area contributed by atoms with Crippen LogP contribution in [0.1, 0.15) is 98.9 Å². The Balaban J connectivity index is 1.24. The summed E-state index contributed by atoms with van der Waals surface area (Å²) in [5, 5.41) is 13.3. The number of ketones is 1. The average molecular weight is 1250 g/mol. The number of cyclic esters (lactones) is 1. The number of fused-ring (bicyclic) bond motifs is 2. The lowest BCUT2D eigenvalue weighted by Crippen LogP contribution is -2.61. The van der Waals surface area contributed by atoms with Crippen LogP contribution in [0.4, 0.5) is 11.5 Å². The molecule has 4 aliphatic rings. The zero-order valence-corrected chi connectivity index (χ0v) is 50.8. The maximum Gasteiger partial charge on any atom is 0.320 e. The molecule has 20 nitrogen and oxygen atoms in total. The number of aliphatic hydroxyl groups is 1. The van der Waals surface area contributed by atoms with E-state index in [0.29, 0.717) is 5.52 Å². The molecular weight excluding hydrogens is 1170 g/mol. The predicted molar refractivity (Wildman–Crippen MR) is 300 cm³/mol. The quantitative estimate of drug-likeness (QED) is 0.0847. The standard InChI is InChI=1S/C53H76Cl2IN7O13S/c1-24-17-26(3)71-49(38(24)62(11)12)74-44-28(5)41(73-34-19-51(8,69-13)43(65)30(7)72-34)29(6)47(67)75-50(56)53(10)35(27(4)40(64)25(2)18-52(44,9)70-14)42(48(68)76-53)77-16-15-63-23-60-37-39(63)31(20-59-45(37)57)46(66)61-36-32(54)21-58-22-33(36)55/h20-30,34-35,38,41-44,49-50,65H,15-19H2,1-14H3,(H2,57,59)(H,58,61,66)/t24-,25-,26-,27-,28+,29-,30+,34+,35+,38+,41+,42+,43+,44-,49+,50+,51-,52-,53+/m1/s1. The first-order valence-electron chi connectivity index (χ1n) is 26.1. The third-order valence-corrected chi connectivity index (χ3v) is 19.9. The number of alkyl halides is 1. The van der Waals surface area contributed by atoms with Crippen LogP contribution in [0.25, 0.3) is 11.0 Å². The van der Waals surface area contributed by atoms with Gasteiger partial charge in [0.15, 0.2) is 28.1 Å². The number of thioether (sulfide) groups is 1. The highest BCUT2D eigenvalue weighted by molar-refractivity contribution is 14.1. The highest BCUT2D eigenvalue weighted by atomic mass is 127. The summed E-state index contributed by atoms with van der Waals surface area (Å²) in [6.07, 6.45) is 1.28. The summed E-state index contributed by atoms with van der Waals surface area (Å²) in [6.45, 7) is 18.8. The van der Waals surface area contributed by atoms with Crippen molar-refractivity contribution >= 4 is 104 Å². The van der Waals surface area contributed by atoms with Gasteiger partial charge in [0.1, 0.15) is 22.7 Å². The van der Waals surface area contributed by atoms with Gasteiger partial charge >= 0.3 is 11.9 Å². The molecule has 0 spiro atoms. The molecular formula is C53H76Cl2IN7O13S. The number of pyridine rings is 2. The molecule has 24 heteroatoms. The van der Waals surface area contributed by atoms with Crippen LogP contribution in [-0.4, -0.2) is 163 Å². The normalized spacial score (nSPS) is 38.5. The zero-order chi connectivity index (χ0) is 56.8. The summed E-state index contributed by atoms with van der Waals surface area (Å²) in [4.78, 5) is 73.3. The zero-order valence-electron chi connectivity index (χ0n) is 46.3. The van der Waals surface area contributed by atoms with Crippen LogP contribution in [0, 0.1) is 35.5 Å². The van der Waals surface area contributed by atoms with E-state index in [1.54, 1.807) is 46.3 Å². The molecule has 4 saturated heterocycles. The number of rotatable bonds is 13. The van der Waals surface area contributed by atoms with Gasteiger partial charge in [-0.2, -0.15) is 0 Å². The molecule has 0 saturated carbocycles. The molecule has 4 aliphatic heterocycles. The molecule has 7 rings (SSSR count). The van der Waals surface area contributed by atoms with Gasteiger partial charge in [-0.25, -0.2) is 9.97 Å². The number of imidazole rings is 1. The summed E-state index contributed by atoms with van der Waals surface area (Å²) in [6, 6.07) is -0.173. The summed E-state index contributed by atoms with van der Waals surface area (Å²) < 4.78 is 53.0. The number of carbonyl (C=O) groups excluding carboxylic acids is 4. The summed E-state index contributed by atoms with van der Waals surface area (Å²) >= 11 is 15.9. The van der Waals surface area contributed by atoms with E-state index in [9.17, 15) is 19.5 Å². The van der Waals surface area contributed by atoms with Gasteiger partial charge in [-0.1, -0.05) is 50.9 Å². The number of nitrogens with two attached hydrogens (primary N) is 1. The van der Waals surface area contributed by atoms with Gasteiger partial charge < -0.3 is 63.5 Å². The maximum atomic E-state index is 15.3. The number of nitrogens with one attached hydrogen (secondary N) is 1. The van der Waals surface area contributed by atoms with Crippen molar-refractivity contribution in [1.82, 2.24) is 24.4 Å². The predicted octanol–water partition coefficient (Wildman–Crippen LogP) is 7.60. The molecule has 4 N–H and O–H groups in total. The first-order valence-corrected chi connectivity index (χ1v) is 29.1. The van der Waals surface area contributed by atoms with E-state index in [0.717, 1.165) is 6.42 Å². The van der Waals surface area contributed by atoms with Gasteiger partial charge in [0.05, 0.1) is 80.7 Å². The van der Waals surface area contributed by atoms with Crippen molar-refractivity contribution in [1.29, 1.82) is 0 Å². The lowest BCUT2D eigenvalue weighted by Gasteiger charge is -2.50. The van der Waals surface area contributed by atoms with Crippen molar-refractivity contribution in [2.75, 3.05) is 45.1 Å². The Kier molecular flexibility index (Phi) is 19.7. The third-order valence-electron chi connectivity index (χ3n) is 16.6. The van der Waals surface area contributed by atoms with E-state index < -0.39 is 111 Å². The van der Waals surface area contributed by atoms with E-state index in [-0.39, 0.29) is 81.6 Å². The van der Waals surface area contributed by atoms with Gasteiger partial charge in [0.2, 0.25) is 0 Å². The van der Waals surface area contributed by atoms with E-state index >= 15 is 4.79 Å². The van der Waals surface area contributed by atoms with Crippen LogP contribution in [0.5, 0.6) is 0 Å². The molecule has 0 unspecified atom stereocenters. The molecule has 3 aromatic rings. The fourth-order valence-corrected chi connectivity index (χ4v) is 14.9. The monoisotopic (exact) mass is 1250 g/mol. The van der Waals surface area contributed by atoms with E-state index in [4.69, 9.17) is 66.8 Å². The van der Waals surface area contributed by atoms with Crippen LogP contribution in [0.3, 0.4) is 0 Å². The van der Waals surface area contributed by atoms with E-state index in [2.05, 4.69) is 32.1 Å². The summed E-state index contributed by atoms with van der Waals surface area (Å²) in [7, 11) is 7.07. The fourth-order valence-electron chi connectivity index (χ4n) is 12.2. The fraction of sp³-hybridized carbons (Fsp3) is 0.717. The van der Waals surface area contributed by atoms with Gasteiger partial charge in [-0.15, -0.1) is 11.8 Å². The van der Waals surface area contributed by atoms with Crippen LogP contribution in [-0.2, 0) is 58.8 Å². The Morgan fingerprint density at radius 2 is 1.61 bits per heavy atom. The number of aryl methyl sites for hydroxylation is 1. The van der Waals surface area contributed by atoms with Gasteiger partial charge in [-0.3, -0.25) is 24.2 Å². The number of halogens is 3. The second-order valence-electron chi connectivity index (χ2n) is 22.3. The third kappa shape index (κ3) is 12.4. The number of nitrogen functional groups attached to an aromatic ring is 1. The van der Waals surface area contributed by atoms with E-state index in [1.165, 1.54) is 43.8 Å². The molecule has 0 aliphatic carbocycles. The second-order valence-corrected chi connectivity index (χ2v) is 25.5. The average Bonchev–Trinajstić information content (AvgIpc) is 3.91. The lowest BCUT2D eigenvalue weighted by molar-refractivity contribution is -0.314. The Bertz CT molecular complexity index is 2620. The Morgan fingerprint density at radius 1 is 0.948 bits per heavy atom. The maximum absolute atomic E-state index is 15.3. The van der Waals surface area contributed by atoms with Crippen molar-refractivity contribution in [2.24, 2.45) is 35.5 Å². The largest absolute Gasteiger partial charge is 0.453 e. The first-order chi connectivity index (χ1) is 36.1. The minimum Gasteiger partial charge on any atom is -0.453 e. The number of nitrogens with zero attached hydrogens (tertiary/aromatic N) is 5. The first kappa shape index (κ1) is 61.6.